The van der Waals surface area contributed by atoms with Gasteiger partial charge in [0.25, 0.3) is 0 Å². The lowest BCUT2D eigenvalue weighted by molar-refractivity contribution is -0.123. The van der Waals surface area contributed by atoms with Gasteiger partial charge in [0, 0.05) is 17.8 Å². The molecule has 1 aliphatic heterocycles. The molecule has 0 unspecified atom stereocenters. The van der Waals surface area contributed by atoms with E-state index >= 15 is 0 Å². The monoisotopic (exact) mass is 331 g/mol. The quantitative estimate of drug-likeness (QED) is 0.786. The van der Waals surface area contributed by atoms with Crippen molar-refractivity contribution in [3.05, 3.63) is 47.5 Å². The van der Waals surface area contributed by atoms with Crippen molar-refractivity contribution >= 4 is 11.9 Å². The van der Waals surface area contributed by atoms with Crippen molar-refractivity contribution in [1.29, 1.82) is 0 Å². The maximum absolute atomic E-state index is 13.0. The summed E-state index contributed by atoms with van der Waals surface area (Å²) in [7, 11) is 0. The molecule has 0 bridgehead atoms. The third-order valence-corrected chi connectivity index (χ3v) is 4.03. The lowest BCUT2D eigenvalue weighted by atomic mass is 10.1. The molecular weight excluding hydrogens is 313 g/mol. The number of halogens is 1. The first-order valence-electron chi connectivity index (χ1n) is 7.61. The van der Waals surface area contributed by atoms with Gasteiger partial charge in [-0.3, -0.25) is 4.79 Å². The molecule has 7 nitrogen and oxygen atoms in total. The number of carbonyl (C=O) groups excluding carboxylic acids is 2. The minimum atomic E-state index is -0.576. The Morgan fingerprint density at radius 1 is 1.42 bits per heavy atom. The topological polar surface area (TPSA) is 88.1 Å². The van der Waals surface area contributed by atoms with Gasteiger partial charge in [-0.05, 0) is 38.1 Å². The average Bonchev–Trinajstić information content (AvgIpc) is 3.14. The van der Waals surface area contributed by atoms with Crippen LogP contribution in [-0.2, 0) is 4.79 Å². The molecule has 0 saturated carbocycles. The van der Waals surface area contributed by atoms with Gasteiger partial charge in [0.1, 0.15) is 11.9 Å². The largest absolute Gasteiger partial charge is 0.348 e. The summed E-state index contributed by atoms with van der Waals surface area (Å²) in [4.78, 5) is 23.3. The number of benzene rings is 1. The second-order valence-electron chi connectivity index (χ2n) is 5.71. The van der Waals surface area contributed by atoms with Gasteiger partial charge in [-0.25, -0.2) is 13.9 Å². The molecule has 3 rings (SSSR count). The van der Waals surface area contributed by atoms with Gasteiger partial charge in [-0.1, -0.05) is 0 Å². The summed E-state index contributed by atoms with van der Waals surface area (Å²) in [6.45, 7) is 4.00. The highest BCUT2D eigenvalue weighted by Gasteiger charge is 2.28. The van der Waals surface area contributed by atoms with Crippen LogP contribution in [0.1, 0.15) is 24.2 Å². The van der Waals surface area contributed by atoms with E-state index in [-0.39, 0.29) is 30.3 Å². The molecule has 0 aliphatic carbocycles. The summed E-state index contributed by atoms with van der Waals surface area (Å²) in [6, 6.07) is 4.83. The fourth-order valence-corrected chi connectivity index (χ4v) is 2.70. The molecule has 3 N–H and O–H groups in total. The smallest absolute Gasteiger partial charge is 0.315 e. The Morgan fingerprint density at radius 2 is 2.12 bits per heavy atom. The van der Waals surface area contributed by atoms with Crippen LogP contribution in [0, 0.1) is 12.7 Å². The van der Waals surface area contributed by atoms with E-state index < -0.39 is 6.04 Å². The number of carbonyl (C=O) groups is 2. The summed E-state index contributed by atoms with van der Waals surface area (Å²) >= 11 is 0. The van der Waals surface area contributed by atoms with Crippen molar-refractivity contribution in [2.24, 2.45) is 0 Å². The molecule has 0 radical (unpaired) electrons. The standard InChI is InChI=1S/C16H18FN5O2/c1-9(20-15(23)14-8-18-16(24)21-14)13-7-19-22(10(13)2)12-5-3-11(17)4-6-12/h3-7,9,14H,8H2,1-2H3,(H,20,23)(H2,18,21,24)/t9-,14-/m1/s1. The molecule has 1 aliphatic rings. The Hall–Kier alpha value is -2.90. The molecule has 1 fully saturated rings. The summed E-state index contributed by atoms with van der Waals surface area (Å²) in [5, 5.41) is 12.3. The first kappa shape index (κ1) is 16.0. The number of nitrogens with zero attached hydrogens (tertiary/aromatic N) is 2. The van der Waals surface area contributed by atoms with Gasteiger partial charge in [-0.15, -0.1) is 0 Å². The van der Waals surface area contributed by atoms with Crippen molar-refractivity contribution < 1.29 is 14.0 Å². The van der Waals surface area contributed by atoms with Crippen LogP contribution in [0.25, 0.3) is 5.69 Å². The fraction of sp³-hybridized carbons (Fsp3) is 0.312. The van der Waals surface area contributed by atoms with E-state index in [2.05, 4.69) is 21.0 Å². The lowest BCUT2D eigenvalue weighted by Gasteiger charge is -2.16. The van der Waals surface area contributed by atoms with E-state index in [0.717, 1.165) is 16.9 Å². The normalized spacial score (nSPS) is 18.0. The van der Waals surface area contributed by atoms with Crippen molar-refractivity contribution in [3.8, 4) is 5.69 Å². The first-order chi connectivity index (χ1) is 11.5. The summed E-state index contributed by atoms with van der Waals surface area (Å²) in [5.74, 6) is -0.564. The van der Waals surface area contributed by atoms with Crippen LogP contribution in [0.3, 0.4) is 0 Å². The molecule has 0 spiro atoms. The molecule has 3 amide bonds. The third kappa shape index (κ3) is 3.08. The number of rotatable bonds is 4. The van der Waals surface area contributed by atoms with E-state index in [4.69, 9.17) is 0 Å². The van der Waals surface area contributed by atoms with E-state index in [1.165, 1.54) is 12.1 Å². The van der Waals surface area contributed by atoms with Crippen LogP contribution >= 0.6 is 0 Å². The van der Waals surface area contributed by atoms with Crippen molar-refractivity contribution in [2.45, 2.75) is 25.9 Å². The van der Waals surface area contributed by atoms with Crippen LogP contribution in [0.4, 0.5) is 9.18 Å². The number of hydrogen-bond acceptors (Lipinski definition) is 3. The molecule has 1 aromatic heterocycles. The number of urea groups is 1. The molecule has 1 saturated heterocycles. The van der Waals surface area contributed by atoms with Crippen molar-refractivity contribution in [2.75, 3.05) is 6.54 Å². The maximum atomic E-state index is 13.0. The molecule has 8 heteroatoms. The predicted molar refractivity (Wildman–Crippen MR) is 85.1 cm³/mol. The predicted octanol–water partition coefficient (Wildman–Crippen LogP) is 1.18. The van der Waals surface area contributed by atoms with Crippen LogP contribution in [0.5, 0.6) is 0 Å². The van der Waals surface area contributed by atoms with Gasteiger partial charge >= 0.3 is 6.03 Å². The average molecular weight is 331 g/mol. The molecule has 24 heavy (non-hydrogen) atoms. The molecular formula is C16H18FN5O2. The van der Waals surface area contributed by atoms with Gasteiger partial charge in [0.15, 0.2) is 0 Å². The zero-order valence-corrected chi connectivity index (χ0v) is 13.3. The Kier molecular flexibility index (Phi) is 4.20. The van der Waals surface area contributed by atoms with Gasteiger partial charge < -0.3 is 16.0 Å². The molecule has 2 atom stereocenters. The summed E-state index contributed by atoms with van der Waals surface area (Å²) in [6.07, 6.45) is 1.68. The van der Waals surface area contributed by atoms with Crippen LogP contribution in [-0.4, -0.2) is 34.3 Å². The van der Waals surface area contributed by atoms with Crippen molar-refractivity contribution in [1.82, 2.24) is 25.7 Å². The van der Waals surface area contributed by atoms with Crippen LogP contribution in [0.2, 0.25) is 0 Å². The SMILES string of the molecule is Cc1c([C@@H](C)NC(=O)[C@H]2CNC(=O)N2)cnn1-c1ccc(F)cc1. The van der Waals surface area contributed by atoms with E-state index in [1.807, 2.05) is 13.8 Å². The fourth-order valence-electron chi connectivity index (χ4n) is 2.70. The van der Waals surface area contributed by atoms with Gasteiger partial charge in [0.2, 0.25) is 5.91 Å². The molecule has 2 aromatic rings. The Bertz CT molecular complexity index is 771. The zero-order chi connectivity index (χ0) is 17.3. The highest BCUT2D eigenvalue weighted by Crippen LogP contribution is 2.20. The lowest BCUT2D eigenvalue weighted by Crippen LogP contribution is -2.43. The summed E-state index contributed by atoms with van der Waals surface area (Å²) in [5.41, 5.74) is 2.44. The molecule has 126 valence electrons. The number of hydrogen-bond donors (Lipinski definition) is 3. The van der Waals surface area contributed by atoms with E-state index in [0.29, 0.717) is 0 Å². The highest BCUT2D eigenvalue weighted by atomic mass is 19.1. The zero-order valence-electron chi connectivity index (χ0n) is 13.3. The van der Waals surface area contributed by atoms with Gasteiger partial charge in [-0.2, -0.15) is 5.10 Å². The highest BCUT2D eigenvalue weighted by molar-refractivity contribution is 5.90. The van der Waals surface area contributed by atoms with Crippen LogP contribution < -0.4 is 16.0 Å². The second kappa shape index (κ2) is 6.31. The third-order valence-electron chi connectivity index (χ3n) is 4.03. The van der Waals surface area contributed by atoms with Crippen LogP contribution in [0.15, 0.2) is 30.5 Å². The maximum Gasteiger partial charge on any atom is 0.315 e. The Labute approximate surface area is 138 Å². The minimum absolute atomic E-state index is 0.255. The molecule has 1 aromatic carbocycles. The van der Waals surface area contributed by atoms with Gasteiger partial charge in [0.05, 0.1) is 17.9 Å². The second-order valence-corrected chi connectivity index (χ2v) is 5.71. The number of amides is 3. The Morgan fingerprint density at radius 3 is 2.75 bits per heavy atom. The minimum Gasteiger partial charge on any atom is -0.348 e. The van der Waals surface area contributed by atoms with Crippen molar-refractivity contribution in [3.63, 3.8) is 0 Å². The number of aromatic nitrogens is 2. The van der Waals surface area contributed by atoms with E-state index in [9.17, 15) is 14.0 Å². The number of nitrogens with one attached hydrogen (secondary N) is 3. The summed E-state index contributed by atoms with van der Waals surface area (Å²) < 4.78 is 14.7. The Balaban J connectivity index is 1.74. The van der Waals surface area contributed by atoms with E-state index in [1.54, 1.807) is 23.0 Å². The molecule has 2 heterocycles. The first-order valence-corrected chi connectivity index (χ1v) is 7.61.